The van der Waals surface area contributed by atoms with Crippen LogP contribution in [-0.4, -0.2) is 23.4 Å². The van der Waals surface area contributed by atoms with Crippen LogP contribution in [0.2, 0.25) is 0 Å². The number of rotatable bonds is 6. The molecule has 0 saturated carbocycles. The molecule has 0 unspecified atom stereocenters. The summed E-state index contributed by atoms with van der Waals surface area (Å²) in [5.74, 6) is 0.894. The summed E-state index contributed by atoms with van der Waals surface area (Å²) >= 11 is 0. The first kappa shape index (κ1) is 14.6. The molecule has 0 aliphatic carbocycles. The smallest absolute Gasteiger partial charge is 0.118 e. The summed E-state index contributed by atoms with van der Waals surface area (Å²) < 4.78 is 7.26. The maximum absolute atomic E-state index is 5.65. The molecule has 0 spiro atoms. The molecule has 0 aliphatic rings. The van der Waals surface area contributed by atoms with Crippen LogP contribution < -0.4 is 10.5 Å². The van der Waals surface area contributed by atoms with Crippen molar-refractivity contribution in [3.63, 3.8) is 0 Å². The van der Waals surface area contributed by atoms with Crippen LogP contribution in [0.15, 0.2) is 24.3 Å². The van der Waals surface area contributed by atoms with Gasteiger partial charge in [-0.3, -0.25) is 4.68 Å². The zero-order valence-corrected chi connectivity index (χ0v) is 12.5. The minimum atomic E-state index is 0.672. The number of nitrogens with zero attached hydrogens (tertiary/aromatic N) is 2. The van der Waals surface area contributed by atoms with Crippen molar-refractivity contribution in [2.75, 3.05) is 13.7 Å². The Bertz CT molecular complexity index is 558. The Labute approximate surface area is 120 Å². The maximum atomic E-state index is 5.65. The van der Waals surface area contributed by atoms with Crippen molar-refractivity contribution in [2.24, 2.45) is 5.73 Å². The van der Waals surface area contributed by atoms with Gasteiger partial charge in [-0.2, -0.15) is 5.10 Å². The van der Waals surface area contributed by atoms with Crippen LogP contribution in [0.5, 0.6) is 5.75 Å². The van der Waals surface area contributed by atoms with Crippen molar-refractivity contribution in [1.29, 1.82) is 0 Å². The molecule has 1 aromatic heterocycles. The minimum Gasteiger partial charge on any atom is -0.497 e. The van der Waals surface area contributed by atoms with E-state index in [1.807, 2.05) is 12.1 Å². The monoisotopic (exact) mass is 273 g/mol. The Balaban J connectivity index is 2.04. The molecule has 0 fully saturated rings. The molecule has 2 rings (SSSR count). The van der Waals surface area contributed by atoms with Crippen molar-refractivity contribution in [1.82, 2.24) is 9.78 Å². The summed E-state index contributed by atoms with van der Waals surface area (Å²) in [7, 11) is 1.68. The number of hydrogen-bond acceptors (Lipinski definition) is 3. The first-order chi connectivity index (χ1) is 9.65. The molecule has 4 nitrogen and oxygen atoms in total. The average Bonchev–Trinajstić information content (AvgIpc) is 2.73. The van der Waals surface area contributed by atoms with Gasteiger partial charge in [-0.05, 0) is 56.5 Å². The number of hydrogen-bond donors (Lipinski definition) is 1. The van der Waals surface area contributed by atoms with Crippen molar-refractivity contribution < 1.29 is 4.74 Å². The first-order valence-electron chi connectivity index (χ1n) is 7.01. The third-order valence-corrected chi connectivity index (χ3v) is 3.70. The molecule has 0 saturated heterocycles. The van der Waals surface area contributed by atoms with Crippen molar-refractivity contribution in [3.05, 3.63) is 46.8 Å². The molecule has 0 amide bonds. The molecule has 2 N–H and O–H groups in total. The lowest BCUT2D eigenvalue weighted by atomic mass is 10.1. The topological polar surface area (TPSA) is 53.1 Å². The van der Waals surface area contributed by atoms with E-state index in [2.05, 4.69) is 35.8 Å². The van der Waals surface area contributed by atoms with Crippen molar-refractivity contribution in [2.45, 2.75) is 33.2 Å². The number of aryl methyl sites for hydroxylation is 3. The van der Waals surface area contributed by atoms with E-state index in [4.69, 9.17) is 10.5 Å². The Kier molecular flexibility index (Phi) is 4.79. The predicted octanol–water partition coefficient (Wildman–Crippen LogP) is 2.25. The second-order valence-electron chi connectivity index (χ2n) is 5.01. The number of ether oxygens (including phenoxy) is 1. The summed E-state index contributed by atoms with van der Waals surface area (Å²) in [6, 6.07) is 8.20. The van der Waals surface area contributed by atoms with E-state index in [1.54, 1.807) is 7.11 Å². The molecule has 2 aromatic rings. The van der Waals surface area contributed by atoms with Crippen molar-refractivity contribution in [3.8, 4) is 5.75 Å². The zero-order valence-electron chi connectivity index (χ0n) is 12.5. The van der Waals surface area contributed by atoms with Gasteiger partial charge in [0.05, 0.1) is 12.8 Å². The van der Waals surface area contributed by atoms with Gasteiger partial charge < -0.3 is 10.5 Å². The Hall–Kier alpha value is -1.81. The molecule has 4 heteroatoms. The van der Waals surface area contributed by atoms with E-state index in [0.717, 1.165) is 30.8 Å². The van der Waals surface area contributed by atoms with Crippen LogP contribution in [0, 0.1) is 13.8 Å². The fraction of sp³-hybridized carbons (Fsp3) is 0.438. The van der Waals surface area contributed by atoms with Gasteiger partial charge >= 0.3 is 0 Å². The van der Waals surface area contributed by atoms with E-state index < -0.39 is 0 Å². The summed E-state index contributed by atoms with van der Waals surface area (Å²) in [6.07, 6.45) is 1.87. The summed E-state index contributed by atoms with van der Waals surface area (Å²) in [5, 5.41) is 4.61. The number of nitrogens with two attached hydrogens (primary N) is 1. The highest BCUT2D eigenvalue weighted by Crippen LogP contribution is 2.15. The van der Waals surface area contributed by atoms with Gasteiger partial charge in [0.15, 0.2) is 0 Å². The normalized spacial score (nSPS) is 10.8. The lowest BCUT2D eigenvalue weighted by molar-refractivity contribution is 0.414. The van der Waals surface area contributed by atoms with E-state index >= 15 is 0 Å². The van der Waals surface area contributed by atoms with Gasteiger partial charge in [0.1, 0.15) is 5.75 Å². The maximum Gasteiger partial charge on any atom is 0.118 e. The highest BCUT2D eigenvalue weighted by atomic mass is 16.5. The van der Waals surface area contributed by atoms with Gasteiger partial charge in [0.2, 0.25) is 0 Å². The average molecular weight is 273 g/mol. The van der Waals surface area contributed by atoms with Crippen LogP contribution in [0.25, 0.3) is 0 Å². The second-order valence-corrected chi connectivity index (χ2v) is 5.01. The summed E-state index contributed by atoms with van der Waals surface area (Å²) in [5.41, 5.74) is 10.6. The minimum absolute atomic E-state index is 0.672. The van der Waals surface area contributed by atoms with Crippen LogP contribution in [0.4, 0.5) is 0 Å². The molecule has 1 aromatic carbocycles. The van der Waals surface area contributed by atoms with Gasteiger partial charge in [0.25, 0.3) is 0 Å². The highest BCUT2D eigenvalue weighted by Gasteiger charge is 2.10. The summed E-state index contributed by atoms with van der Waals surface area (Å²) in [6.45, 7) is 5.75. The molecule has 0 aliphatic heterocycles. The molecular formula is C16H23N3O. The number of methoxy groups -OCH3 is 1. The molecule has 0 bridgehead atoms. The van der Waals surface area contributed by atoms with E-state index in [1.165, 1.54) is 16.8 Å². The Morgan fingerprint density at radius 3 is 2.45 bits per heavy atom. The molecule has 1 heterocycles. The largest absolute Gasteiger partial charge is 0.497 e. The molecule has 0 radical (unpaired) electrons. The second kappa shape index (κ2) is 6.57. The lowest BCUT2D eigenvalue weighted by Crippen LogP contribution is -2.07. The first-order valence-corrected chi connectivity index (χ1v) is 7.01. The molecule has 108 valence electrons. The quantitative estimate of drug-likeness (QED) is 0.878. The molecule has 0 atom stereocenters. The van der Waals surface area contributed by atoms with Gasteiger partial charge in [-0.15, -0.1) is 0 Å². The zero-order chi connectivity index (χ0) is 14.5. The Morgan fingerprint density at radius 1 is 1.15 bits per heavy atom. The fourth-order valence-electron chi connectivity index (χ4n) is 2.49. The van der Waals surface area contributed by atoms with Gasteiger partial charge in [-0.1, -0.05) is 12.1 Å². The van der Waals surface area contributed by atoms with Gasteiger partial charge in [-0.25, -0.2) is 0 Å². The third kappa shape index (κ3) is 3.20. The third-order valence-electron chi connectivity index (χ3n) is 3.70. The van der Waals surface area contributed by atoms with Crippen LogP contribution >= 0.6 is 0 Å². The van der Waals surface area contributed by atoms with Crippen LogP contribution in [0.3, 0.4) is 0 Å². The lowest BCUT2D eigenvalue weighted by Gasteiger charge is -2.06. The fourth-order valence-corrected chi connectivity index (χ4v) is 2.49. The standard InChI is InChI=1S/C16H23N3O/c1-12-16(8-10-17)13(2)19(18-12)11-9-14-4-6-15(20-3)7-5-14/h4-7H,8-11,17H2,1-3H3. The number of aromatic nitrogens is 2. The van der Waals surface area contributed by atoms with E-state index in [0.29, 0.717) is 6.54 Å². The number of benzene rings is 1. The highest BCUT2D eigenvalue weighted by molar-refractivity contribution is 5.28. The molecule has 20 heavy (non-hydrogen) atoms. The SMILES string of the molecule is COc1ccc(CCn2nc(C)c(CCN)c2C)cc1. The predicted molar refractivity (Wildman–Crippen MR) is 81.2 cm³/mol. The summed E-state index contributed by atoms with van der Waals surface area (Å²) in [4.78, 5) is 0. The molecular weight excluding hydrogens is 250 g/mol. The Morgan fingerprint density at radius 2 is 1.85 bits per heavy atom. The van der Waals surface area contributed by atoms with Crippen LogP contribution in [-0.2, 0) is 19.4 Å². The van der Waals surface area contributed by atoms with E-state index in [-0.39, 0.29) is 0 Å². The van der Waals surface area contributed by atoms with E-state index in [9.17, 15) is 0 Å². The van der Waals surface area contributed by atoms with Gasteiger partial charge in [0, 0.05) is 12.2 Å². The van der Waals surface area contributed by atoms with Crippen molar-refractivity contribution >= 4 is 0 Å². The van der Waals surface area contributed by atoms with Crippen LogP contribution in [0.1, 0.15) is 22.5 Å².